The average molecular weight is 402 g/mol. The van der Waals surface area contributed by atoms with Crippen LogP contribution in [0.25, 0.3) is 11.8 Å². The summed E-state index contributed by atoms with van der Waals surface area (Å²) in [6.45, 7) is 0. The van der Waals surface area contributed by atoms with E-state index in [4.69, 9.17) is 0 Å². The minimum Gasteiger partial charge on any atom is -0.317 e. The molecule has 1 aliphatic rings. The molecule has 0 unspecified atom stereocenters. The Morgan fingerprint density at radius 1 is 0.867 bits per heavy atom. The van der Waals surface area contributed by atoms with Gasteiger partial charge in [0.15, 0.2) is 0 Å². The van der Waals surface area contributed by atoms with E-state index in [1.807, 2.05) is 0 Å². The molecule has 30 heavy (non-hydrogen) atoms. The van der Waals surface area contributed by atoms with E-state index in [-0.39, 0.29) is 11.3 Å². The zero-order valence-electron chi connectivity index (χ0n) is 15.4. The van der Waals surface area contributed by atoms with Crippen molar-refractivity contribution in [2.24, 2.45) is 0 Å². The number of rotatable bonds is 4. The summed E-state index contributed by atoms with van der Waals surface area (Å²) in [5.41, 5.74) is 1.18. The highest BCUT2D eigenvalue weighted by molar-refractivity contribution is 6.39. The van der Waals surface area contributed by atoms with Gasteiger partial charge in [-0.15, -0.1) is 0 Å². The van der Waals surface area contributed by atoms with Gasteiger partial charge in [0.05, 0.1) is 10.6 Å². The maximum Gasteiger partial charge on any atom is 0.335 e. The Bertz CT molecular complexity index is 1200. The smallest absolute Gasteiger partial charge is 0.317 e. The van der Waals surface area contributed by atoms with E-state index >= 15 is 0 Å². The fraction of sp³-hybridized carbons (Fsp3) is 0. The molecule has 1 fully saturated rings. The molecule has 1 aliphatic heterocycles. The van der Waals surface area contributed by atoms with E-state index < -0.39 is 22.8 Å². The number of nitrogens with zero attached hydrogens (tertiary/aromatic N) is 3. The molecule has 4 rings (SSSR count). The summed E-state index contributed by atoms with van der Waals surface area (Å²) in [5, 5.41) is 13.0. The van der Waals surface area contributed by atoms with Gasteiger partial charge in [0.25, 0.3) is 17.5 Å². The van der Waals surface area contributed by atoms with Crippen LogP contribution in [-0.4, -0.2) is 27.3 Å². The summed E-state index contributed by atoms with van der Waals surface area (Å²) in [6, 6.07) is 16.7. The SMILES string of the molecule is O=C1NC(=O)N(c2ccccc2)C(=O)/C1=C\c1cccn1-c1ccc([N+](=O)[O-])cc1. The zero-order valence-corrected chi connectivity index (χ0v) is 15.4. The van der Waals surface area contributed by atoms with Crippen molar-refractivity contribution in [3.8, 4) is 5.69 Å². The lowest BCUT2D eigenvalue weighted by Crippen LogP contribution is -2.54. The number of nitro groups is 1. The number of carbonyl (C=O) groups excluding carboxylic acids is 3. The molecule has 3 aromatic rings. The van der Waals surface area contributed by atoms with Gasteiger partial charge in [0, 0.05) is 29.7 Å². The molecule has 0 bridgehead atoms. The Kier molecular flexibility index (Phi) is 4.69. The lowest BCUT2D eigenvalue weighted by Gasteiger charge is -2.26. The van der Waals surface area contributed by atoms with Crippen molar-refractivity contribution in [1.82, 2.24) is 9.88 Å². The first-order valence-electron chi connectivity index (χ1n) is 8.84. The van der Waals surface area contributed by atoms with Gasteiger partial charge in [-0.1, -0.05) is 18.2 Å². The first-order valence-corrected chi connectivity index (χ1v) is 8.84. The molecule has 0 spiro atoms. The van der Waals surface area contributed by atoms with Crippen molar-refractivity contribution in [3.05, 3.63) is 94.3 Å². The second-order valence-corrected chi connectivity index (χ2v) is 6.37. The number of nitrogens with one attached hydrogen (secondary N) is 1. The third kappa shape index (κ3) is 3.35. The number of hydrogen-bond donors (Lipinski definition) is 1. The van der Waals surface area contributed by atoms with Crippen molar-refractivity contribution in [1.29, 1.82) is 0 Å². The van der Waals surface area contributed by atoms with E-state index in [1.54, 1.807) is 65.4 Å². The molecule has 148 valence electrons. The molecule has 0 aliphatic carbocycles. The maximum atomic E-state index is 12.9. The first-order chi connectivity index (χ1) is 14.5. The molecule has 1 N–H and O–H groups in total. The number of aromatic nitrogens is 1. The Hall–Kier alpha value is -4.53. The number of benzene rings is 2. The lowest BCUT2D eigenvalue weighted by atomic mass is 10.1. The molecule has 1 saturated heterocycles. The molecule has 0 saturated carbocycles. The minimum absolute atomic E-state index is 0.0512. The second-order valence-electron chi connectivity index (χ2n) is 6.37. The van der Waals surface area contributed by atoms with Crippen molar-refractivity contribution < 1.29 is 19.3 Å². The third-order valence-electron chi connectivity index (χ3n) is 4.53. The number of nitro benzene ring substituents is 1. The van der Waals surface area contributed by atoms with Crippen LogP contribution >= 0.6 is 0 Å². The van der Waals surface area contributed by atoms with Gasteiger partial charge in [-0.2, -0.15) is 0 Å². The summed E-state index contributed by atoms with van der Waals surface area (Å²) in [6.07, 6.45) is 3.07. The molecule has 2 heterocycles. The quantitative estimate of drug-likeness (QED) is 0.312. The van der Waals surface area contributed by atoms with Gasteiger partial charge in [0.1, 0.15) is 5.57 Å². The fourth-order valence-electron chi connectivity index (χ4n) is 3.10. The summed E-state index contributed by atoms with van der Waals surface area (Å²) in [4.78, 5) is 48.8. The second kappa shape index (κ2) is 7.47. The summed E-state index contributed by atoms with van der Waals surface area (Å²) >= 11 is 0. The first kappa shape index (κ1) is 18.8. The molecule has 1 aromatic heterocycles. The van der Waals surface area contributed by atoms with Crippen molar-refractivity contribution >= 4 is 35.3 Å². The molecule has 9 nitrogen and oxygen atoms in total. The van der Waals surface area contributed by atoms with E-state index in [1.165, 1.54) is 18.2 Å². The molecule has 0 radical (unpaired) electrons. The zero-order chi connectivity index (χ0) is 21.3. The highest BCUT2D eigenvalue weighted by Crippen LogP contribution is 2.23. The summed E-state index contributed by atoms with van der Waals surface area (Å²) < 4.78 is 1.67. The Morgan fingerprint density at radius 3 is 2.23 bits per heavy atom. The number of para-hydroxylation sites is 1. The number of carbonyl (C=O) groups is 3. The Balaban J connectivity index is 1.72. The lowest BCUT2D eigenvalue weighted by molar-refractivity contribution is -0.384. The number of amides is 4. The van der Waals surface area contributed by atoms with Gasteiger partial charge in [0.2, 0.25) is 0 Å². The van der Waals surface area contributed by atoms with Gasteiger partial charge in [-0.25, -0.2) is 9.69 Å². The number of non-ortho nitro benzene ring substituents is 1. The van der Waals surface area contributed by atoms with Gasteiger partial charge in [-0.3, -0.25) is 25.0 Å². The van der Waals surface area contributed by atoms with E-state index in [0.717, 1.165) is 4.90 Å². The largest absolute Gasteiger partial charge is 0.335 e. The highest BCUT2D eigenvalue weighted by atomic mass is 16.6. The molecule has 9 heteroatoms. The van der Waals surface area contributed by atoms with Crippen LogP contribution in [0.1, 0.15) is 5.69 Å². The van der Waals surface area contributed by atoms with Crippen molar-refractivity contribution in [2.75, 3.05) is 4.90 Å². The molecular formula is C21H14N4O5. The average Bonchev–Trinajstić information content (AvgIpc) is 3.20. The van der Waals surface area contributed by atoms with Crippen LogP contribution in [-0.2, 0) is 9.59 Å². The van der Waals surface area contributed by atoms with Gasteiger partial charge in [-0.05, 0) is 42.5 Å². The predicted octanol–water partition coefficient (Wildman–Crippen LogP) is 3.05. The van der Waals surface area contributed by atoms with E-state index in [9.17, 15) is 24.5 Å². The molecule has 2 aromatic carbocycles. The molecule has 0 atom stereocenters. The standard InChI is InChI=1S/C21H14N4O5/c26-19-18(20(27)24(21(28)22-19)15-5-2-1-3-6-15)13-17-7-4-12-23(17)14-8-10-16(11-9-14)25(29)30/h1-13H,(H,22,26,28)/b18-13-. The van der Waals surface area contributed by atoms with Crippen LogP contribution in [0.2, 0.25) is 0 Å². The van der Waals surface area contributed by atoms with Crippen molar-refractivity contribution in [3.63, 3.8) is 0 Å². The highest BCUT2D eigenvalue weighted by Gasteiger charge is 2.36. The number of anilines is 1. The van der Waals surface area contributed by atoms with Crippen LogP contribution in [0.15, 0.2) is 78.5 Å². The van der Waals surface area contributed by atoms with Crippen LogP contribution in [0.4, 0.5) is 16.2 Å². The van der Waals surface area contributed by atoms with Gasteiger partial charge >= 0.3 is 6.03 Å². The number of urea groups is 1. The van der Waals surface area contributed by atoms with Crippen molar-refractivity contribution in [2.45, 2.75) is 0 Å². The number of imide groups is 2. The van der Waals surface area contributed by atoms with Crippen LogP contribution in [0.3, 0.4) is 0 Å². The molecular weight excluding hydrogens is 388 g/mol. The topological polar surface area (TPSA) is 115 Å². The normalized spacial score (nSPS) is 15.4. The fourth-order valence-corrected chi connectivity index (χ4v) is 3.10. The summed E-state index contributed by atoms with van der Waals surface area (Å²) in [7, 11) is 0. The van der Waals surface area contributed by atoms with Crippen LogP contribution in [0, 0.1) is 10.1 Å². The third-order valence-corrected chi connectivity index (χ3v) is 4.53. The number of hydrogen-bond acceptors (Lipinski definition) is 5. The monoisotopic (exact) mass is 402 g/mol. The Labute approximate surface area is 170 Å². The van der Waals surface area contributed by atoms with E-state index in [2.05, 4.69) is 5.32 Å². The van der Waals surface area contributed by atoms with Gasteiger partial charge < -0.3 is 4.57 Å². The Morgan fingerprint density at radius 2 is 1.57 bits per heavy atom. The predicted molar refractivity (Wildman–Crippen MR) is 108 cm³/mol. The van der Waals surface area contributed by atoms with E-state index in [0.29, 0.717) is 17.1 Å². The summed E-state index contributed by atoms with van der Waals surface area (Å²) in [5.74, 6) is -1.54. The van der Waals surface area contributed by atoms with Crippen LogP contribution < -0.4 is 10.2 Å². The maximum absolute atomic E-state index is 12.9. The molecule has 4 amide bonds. The minimum atomic E-state index is -0.820. The number of barbiturate groups is 1. The van der Waals surface area contributed by atoms with Crippen LogP contribution in [0.5, 0.6) is 0 Å².